The van der Waals surface area contributed by atoms with Gasteiger partial charge in [0.1, 0.15) is 0 Å². The minimum absolute atomic E-state index is 0.0802. The Balaban J connectivity index is 2.14. The maximum Gasteiger partial charge on any atom is 0.303 e. The van der Waals surface area contributed by atoms with Crippen molar-refractivity contribution in [3.63, 3.8) is 0 Å². The van der Waals surface area contributed by atoms with Crippen LogP contribution in [0.4, 0.5) is 11.4 Å². The fraction of sp³-hybridized carbons (Fsp3) is 0.250. The van der Waals surface area contributed by atoms with Crippen molar-refractivity contribution in [3.8, 4) is 0 Å². The molecule has 1 aliphatic heterocycles. The molecular weight excluding hydrogens is 452 g/mol. The Bertz CT molecular complexity index is 1220. The van der Waals surface area contributed by atoms with Crippen molar-refractivity contribution in [1.82, 2.24) is 9.03 Å². The molecule has 12 heteroatoms. The van der Waals surface area contributed by atoms with E-state index in [4.69, 9.17) is 5.14 Å². The van der Waals surface area contributed by atoms with Crippen LogP contribution in [0.25, 0.3) is 0 Å². The van der Waals surface area contributed by atoms with E-state index in [1.165, 1.54) is 13.1 Å². The smallest absolute Gasteiger partial charge is 0.303 e. The first-order chi connectivity index (χ1) is 15.1. The third-order valence-electron chi connectivity index (χ3n) is 4.91. The molecule has 1 unspecified atom stereocenters. The molecule has 2 aromatic rings. The highest BCUT2D eigenvalue weighted by Crippen LogP contribution is 2.32. The SMILES string of the molecule is CCS(=O)(=O)NCC1(Nc2ccccc2)C(C)=CN=C(Nc2ccccc2)N1S(N)(=O)=O. The second-order valence-electron chi connectivity index (χ2n) is 7.14. The number of hydrogen-bond donors (Lipinski definition) is 4. The third-order valence-corrected chi connectivity index (χ3v) is 7.25. The number of para-hydroxylation sites is 2. The summed E-state index contributed by atoms with van der Waals surface area (Å²) >= 11 is 0. The van der Waals surface area contributed by atoms with Gasteiger partial charge in [-0.15, -0.1) is 0 Å². The van der Waals surface area contributed by atoms with Crippen molar-refractivity contribution in [3.05, 3.63) is 72.4 Å². The van der Waals surface area contributed by atoms with E-state index in [1.54, 1.807) is 55.5 Å². The van der Waals surface area contributed by atoms with Crippen LogP contribution >= 0.6 is 0 Å². The van der Waals surface area contributed by atoms with Crippen molar-refractivity contribution in [2.75, 3.05) is 22.9 Å². The lowest BCUT2D eigenvalue weighted by molar-refractivity contribution is 0.342. The molecule has 1 atom stereocenters. The van der Waals surface area contributed by atoms with E-state index in [0.29, 0.717) is 16.9 Å². The monoisotopic (exact) mass is 478 g/mol. The van der Waals surface area contributed by atoms with Crippen LogP contribution in [0.5, 0.6) is 0 Å². The highest BCUT2D eigenvalue weighted by molar-refractivity contribution is 7.89. The minimum atomic E-state index is -4.43. The summed E-state index contributed by atoms with van der Waals surface area (Å²) in [5, 5.41) is 11.8. The predicted molar refractivity (Wildman–Crippen MR) is 126 cm³/mol. The van der Waals surface area contributed by atoms with Gasteiger partial charge in [-0.3, -0.25) is 0 Å². The number of anilines is 2. The number of nitrogens with zero attached hydrogens (tertiary/aromatic N) is 2. The van der Waals surface area contributed by atoms with Crippen LogP contribution in [-0.4, -0.2) is 45.1 Å². The Hall–Kier alpha value is -2.93. The lowest BCUT2D eigenvalue weighted by atomic mass is 9.99. The van der Waals surface area contributed by atoms with Crippen LogP contribution < -0.4 is 20.5 Å². The molecule has 0 amide bonds. The summed E-state index contributed by atoms with van der Waals surface area (Å²) in [5.41, 5.74) is -0.0234. The maximum atomic E-state index is 12.9. The first kappa shape index (κ1) is 23.7. The molecule has 0 fully saturated rings. The molecule has 0 aliphatic carbocycles. The molecule has 0 saturated heterocycles. The zero-order valence-electron chi connectivity index (χ0n) is 17.7. The van der Waals surface area contributed by atoms with Crippen LogP contribution in [0.1, 0.15) is 13.8 Å². The summed E-state index contributed by atoms with van der Waals surface area (Å²) in [6.45, 7) is 2.81. The van der Waals surface area contributed by atoms with Crippen LogP contribution in [0.2, 0.25) is 0 Å². The van der Waals surface area contributed by atoms with Crippen LogP contribution in [0.3, 0.4) is 0 Å². The average Bonchev–Trinajstić information content (AvgIpc) is 2.75. The number of nitrogens with one attached hydrogen (secondary N) is 3. The molecule has 0 spiro atoms. The van der Waals surface area contributed by atoms with E-state index in [1.807, 2.05) is 12.1 Å². The minimum Gasteiger partial charge on any atom is -0.357 e. The first-order valence-electron chi connectivity index (χ1n) is 9.78. The van der Waals surface area contributed by atoms with Crippen molar-refractivity contribution in [1.29, 1.82) is 0 Å². The normalized spacial score (nSPS) is 19.2. The van der Waals surface area contributed by atoms with Crippen molar-refractivity contribution >= 4 is 37.6 Å². The van der Waals surface area contributed by atoms with E-state index in [2.05, 4.69) is 20.3 Å². The van der Waals surface area contributed by atoms with Gasteiger partial charge in [0.25, 0.3) is 0 Å². The number of rotatable bonds is 8. The average molecular weight is 479 g/mol. The Kier molecular flexibility index (Phi) is 6.88. The molecular formula is C20H26N6O4S2. The van der Waals surface area contributed by atoms with Crippen molar-refractivity contribution in [2.24, 2.45) is 10.1 Å². The Morgan fingerprint density at radius 2 is 1.53 bits per heavy atom. The molecule has 0 bridgehead atoms. The lowest BCUT2D eigenvalue weighted by Crippen LogP contribution is -2.68. The standard InChI is InChI=1S/C20H26N6O4S2/c1-3-31(27,28)23-15-20(25-18-12-8-5-9-13-18)16(2)14-22-19(26(20)32(21,29)30)24-17-10-6-4-7-11-17/h4-14,23,25H,3,15H2,1-2H3,(H,22,24)(H2,21,29,30). The molecule has 2 aromatic carbocycles. The van der Waals surface area contributed by atoms with E-state index in [-0.39, 0.29) is 18.3 Å². The molecule has 10 nitrogen and oxygen atoms in total. The second kappa shape index (κ2) is 9.28. The Labute approximate surface area is 188 Å². The summed E-state index contributed by atoms with van der Waals surface area (Å²) in [5.74, 6) is -0.251. The highest BCUT2D eigenvalue weighted by Gasteiger charge is 2.48. The summed E-state index contributed by atoms with van der Waals surface area (Å²) < 4.78 is 53.6. The topological polar surface area (TPSA) is 146 Å². The van der Waals surface area contributed by atoms with Crippen molar-refractivity contribution < 1.29 is 16.8 Å². The van der Waals surface area contributed by atoms with Crippen LogP contribution in [0.15, 0.2) is 77.4 Å². The van der Waals surface area contributed by atoms with E-state index >= 15 is 0 Å². The number of aliphatic imine (C=N–C) groups is 1. The quantitative estimate of drug-likeness (QED) is 0.454. The summed E-state index contributed by atoms with van der Waals surface area (Å²) in [7, 11) is -8.09. The van der Waals surface area contributed by atoms with Gasteiger partial charge >= 0.3 is 10.2 Å². The first-order valence-corrected chi connectivity index (χ1v) is 12.9. The second-order valence-corrected chi connectivity index (χ2v) is 10.6. The fourth-order valence-corrected chi connectivity index (χ4v) is 4.87. The summed E-state index contributed by atoms with van der Waals surface area (Å²) in [6.07, 6.45) is 1.48. The number of hydrogen-bond acceptors (Lipinski definition) is 7. The Morgan fingerprint density at radius 3 is 2.06 bits per heavy atom. The third kappa shape index (κ3) is 5.27. The number of benzene rings is 2. The number of nitrogens with two attached hydrogens (primary N) is 1. The van der Waals surface area contributed by atoms with Gasteiger partial charge in [-0.2, -0.15) is 12.7 Å². The lowest BCUT2D eigenvalue weighted by Gasteiger charge is -2.46. The van der Waals surface area contributed by atoms with Gasteiger partial charge in [-0.1, -0.05) is 36.4 Å². The highest BCUT2D eigenvalue weighted by atomic mass is 32.2. The molecule has 3 rings (SSSR count). The van der Waals surface area contributed by atoms with Gasteiger partial charge in [0.15, 0.2) is 5.66 Å². The molecule has 0 aromatic heterocycles. The van der Waals surface area contributed by atoms with Gasteiger partial charge in [0.05, 0.1) is 12.3 Å². The summed E-state index contributed by atoms with van der Waals surface area (Å²) in [4.78, 5) is 4.25. The molecule has 172 valence electrons. The van der Waals surface area contributed by atoms with E-state index in [9.17, 15) is 16.8 Å². The van der Waals surface area contributed by atoms with E-state index < -0.39 is 25.9 Å². The van der Waals surface area contributed by atoms with Gasteiger partial charge in [0, 0.05) is 17.6 Å². The van der Waals surface area contributed by atoms with Gasteiger partial charge < -0.3 is 10.6 Å². The van der Waals surface area contributed by atoms with Crippen LogP contribution in [-0.2, 0) is 20.2 Å². The molecule has 1 aliphatic rings. The van der Waals surface area contributed by atoms with Gasteiger partial charge in [0.2, 0.25) is 16.0 Å². The fourth-order valence-electron chi connectivity index (χ4n) is 3.21. The van der Waals surface area contributed by atoms with Gasteiger partial charge in [-0.25, -0.2) is 23.3 Å². The Morgan fingerprint density at radius 1 is 0.969 bits per heavy atom. The van der Waals surface area contributed by atoms with E-state index in [0.717, 1.165) is 4.31 Å². The largest absolute Gasteiger partial charge is 0.357 e. The zero-order chi connectivity index (χ0) is 23.4. The van der Waals surface area contributed by atoms with Gasteiger partial charge in [-0.05, 0) is 43.7 Å². The predicted octanol–water partition coefficient (Wildman–Crippen LogP) is 1.63. The molecule has 0 saturated carbocycles. The zero-order valence-corrected chi connectivity index (χ0v) is 19.3. The van der Waals surface area contributed by atoms with Crippen molar-refractivity contribution in [2.45, 2.75) is 19.5 Å². The molecule has 5 N–H and O–H groups in total. The molecule has 1 heterocycles. The molecule has 0 radical (unpaired) electrons. The number of sulfonamides is 1. The maximum absolute atomic E-state index is 12.9. The van der Waals surface area contributed by atoms with Crippen LogP contribution in [0, 0.1) is 0 Å². The number of guanidine groups is 1. The summed E-state index contributed by atoms with van der Waals surface area (Å²) in [6, 6.07) is 17.7. The molecule has 32 heavy (non-hydrogen) atoms.